The van der Waals surface area contributed by atoms with E-state index in [1.54, 1.807) is 0 Å². The molecule has 0 spiro atoms. The Hall–Kier alpha value is -3.56. The van der Waals surface area contributed by atoms with E-state index in [1.807, 2.05) is 32.1 Å². The summed E-state index contributed by atoms with van der Waals surface area (Å²) in [6, 6.07) is 25.6. The van der Waals surface area contributed by atoms with Crippen LogP contribution in [0.1, 0.15) is 62.1 Å². The summed E-state index contributed by atoms with van der Waals surface area (Å²) < 4.78 is 3.48. The Kier molecular flexibility index (Phi) is 8.28. The number of para-hydroxylation sites is 2. The molecule has 1 atom stereocenters. The van der Waals surface area contributed by atoms with Crippen LogP contribution in [0.4, 0.5) is 5.69 Å². The van der Waals surface area contributed by atoms with E-state index in [2.05, 4.69) is 127 Å². The zero-order chi connectivity index (χ0) is 27.4. The first kappa shape index (κ1) is 27.5. The van der Waals surface area contributed by atoms with Crippen molar-refractivity contribution in [2.75, 3.05) is 5.73 Å². The molecule has 0 saturated carbocycles. The first-order valence-electron chi connectivity index (χ1n) is 13.4. The van der Waals surface area contributed by atoms with Crippen LogP contribution in [0.3, 0.4) is 0 Å². The largest absolute Gasteiger partial charge is 0.398 e. The third-order valence-electron chi connectivity index (χ3n) is 7.32. The molecule has 0 saturated heterocycles. The Bertz CT molecular complexity index is 1590. The normalized spacial score (nSPS) is 18.0. The molecule has 3 aromatic carbocycles. The molecule has 1 unspecified atom stereocenters. The molecule has 5 rings (SSSR count). The Balaban J connectivity index is 0.00000164. The maximum atomic E-state index is 6.83. The standard InChI is InChI=1S/C33H31BrN2.C2H6/c1-5-14-23-22(4)32-27(15-6-2)33(24-16-8-11-19-28(24)34,25-17-9-12-20-29(25)35)26-18-10-13-21-31(26)36(32)30(23)7-3;1-2/h5,7-21H,1,6,35H2,2-4H3;1-2H3/b23-14-,27-15+,30-7+;. The van der Waals surface area contributed by atoms with Crippen LogP contribution >= 0.6 is 15.9 Å². The van der Waals surface area contributed by atoms with E-state index >= 15 is 0 Å². The minimum absolute atomic E-state index is 0.604. The van der Waals surface area contributed by atoms with Gasteiger partial charge in [0.15, 0.2) is 0 Å². The van der Waals surface area contributed by atoms with Gasteiger partial charge in [-0.2, -0.15) is 0 Å². The van der Waals surface area contributed by atoms with E-state index in [4.69, 9.17) is 5.73 Å². The maximum Gasteiger partial charge on any atom is 0.0770 e. The number of halogens is 1. The van der Waals surface area contributed by atoms with E-state index in [9.17, 15) is 0 Å². The fraction of sp³-hybridized carbons (Fsp3) is 0.200. The van der Waals surface area contributed by atoms with Gasteiger partial charge in [0.05, 0.1) is 16.8 Å². The number of benzene rings is 3. The summed E-state index contributed by atoms with van der Waals surface area (Å²) in [6.07, 6.45) is 9.49. The number of anilines is 1. The molecule has 2 heterocycles. The highest BCUT2D eigenvalue weighted by atomic mass is 79.9. The lowest BCUT2D eigenvalue weighted by Crippen LogP contribution is -2.40. The lowest BCUT2D eigenvalue weighted by atomic mass is 9.61. The van der Waals surface area contributed by atoms with Gasteiger partial charge in [-0.25, -0.2) is 0 Å². The highest BCUT2D eigenvalue weighted by molar-refractivity contribution is 9.10. The van der Waals surface area contributed by atoms with Crippen LogP contribution in [0.15, 0.2) is 96.0 Å². The average molecular weight is 566 g/mol. The third kappa shape index (κ3) is 4.01. The van der Waals surface area contributed by atoms with Crippen LogP contribution < -0.4 is 16.3 Å². The van der Waals surface area contributed by atoms with Crippen LogP contribution in [0.25, 0.3) is 23.4 Å². The van der Waals surface area contributed by atoms with Crippen molar-refractivity contribution in [1.29, 1.82) is 0 Å². The zero-order valence-corrected chi connectivity index (χ0v) is 24.6. The topological polar surface area (TPSA) is 30.9 Å². The Morgan fingerprint density at radius 3 is 2.13 bits per heavy atom. The molecule has 0 fully saturated rings. The minimum Gasteiger partial charge on any atom is -0.398 e. The fourth-order valence-corrected chi connectivity index (χ4v) is 6.59. The Morgan fingerprint density at radius 2 is 1.53 bits per heavy atom. The molecule has 0 amide bonds. The summed E-state index contributed by atoms with van der Waals surface area (Å²) in [5, 5.41) is 2.38. The number of nitrogens with two attached hydrogens (primary N) is 1. The Labute approximate surface area is 235 Å². The van der Waals surface area contributed by atoms with Crippen LogP contribution in [0.5, 0.6) is 0 Å². The maximum absolute atomic E-state index is 6.83. The van der Waals surface area contributed by atoms with Gasteiger partial charge in [-0.15, -0.1) is 0 Å². The number of nitrogen functional groups attached to an aromatic ring is 1. The van der Waals surface area contributed by atoms with Gasteiger partial charge in [-0.1, -0.05) is 122 Å². The molecule has 38 heavy (non-hydrogen) atoms. The fourth-order valence-electron chi connectivity index (χ4n) is 6.01. The molecule has 1 aliphatic heterocycles. The predicted octanol–water partition coefficient (Wildman–Crippen LogP) is 8.06. The van der Waals surface area contributed by atoms with E-state index < -0.39 is 5.41 Å². The summed E-state index contributed by atoms with van der Waals surface area (Å²) in [7, 11) is 0. The number of hydrogen-bond donors (Lipinski definition) is 1. The molecule has 4 aromatic rings. The van der Waals surface area contributed by atoms with Gasteiger partial charge in [0.25, 0.3) is 0 Å². The van der Waals surface area contributed by atoms with Gasteiger partial charge in [0.1, 0.15) is 0 Å². The quantitative estimate of drug-likeness (QED) is 0.249. The average Bonchev–Trinajstić information content (AvgIpc) is 3.22. The van der Waals surface area contributed by atoms with Gasteiger partial charge in [-0.3, -0.25) is 0 Å². The highest BCUT2D eigenvalue weighted by Crippen LogP contribution is 2.56. The molecule has 1 aliphatic rings. The van der Waals surface area contributed by atoms with Crippen molar-refractivity contribution in [2.45, 2.75) is 46.5 Å². The monoisotopic (exact) mass is 564 g/mol. The van der Waals surface area contributed by atoms with E-state index in [1.165, 1.54) is 44.2 Å². The molecule has 1 aromatic heterocycles. The number of allylic oxidation sites excluding steroid dienone is 3. The molecule has 3 heteroatoms. The van der Waals surface area contributed by atoms with Crippen LogP contribution in [0.2, 0.25) is 0 Å². The Morgan fingerprint density at radius 1 is 0.921 bits per heavy atom. The van der Waals surface area contributed by atoms with Crippen molar-refractivity contribution >= 4 is 39.3 Å². The highest BCUT2D eigenvalue weighted by Gasteiger charge is 2.48. The first-order valence-corrected chi connectivity index (χ1v) is 14.2. The number of nitrogens with zero attached hydrogens (tertiary/aromatic N) is 1. The summed E-state index contributed by atoms with van der Waals surface area (Å²) >= 11 is 3.94. The first-order chi connectivity index (χ1) is 18.5. The van der Waals surface area contributed by atoms with Gasteiger partial charge in [0.2, 0.25) is 0 Å². The van der Waals surface area contributed by atoms with Crippen LogP contribution in [-0.2, 0) is 5.41 Å². The van der Waals surface area contributed by atoms with E-state index in [0.29, 0.717) is 0 Å². The molecular formula is C35H37BrN2. The van der Waals surface area contributed by atoms with Crippen molar-refractivity contribution in [3.63, 3.8) is 0 Å². The van der Waals surface area contributed by atoms with Crippen molar-refractivity contribution in [1.82, 2.24) is 4.57 Å². The molecule has 2 N–H and O–H groups in total. The third-order valence-corrected chi connectivity index (χ3v) is 8.01. The summed E-state index contributed by atoms with van der Waals surface area (Å²) in [5.41, 5.74) is 15.4. The van der Waals surface area contributed by atoms with Crippen molar-refractivity contribution in [2.24, 2.45) is 0 Å². The van der Waals surface area contributed by atoms with Crippen LogP contribution in [-0.4, -0.2) is 4.57 Å². The lowest BCUT2D eigenvalue weighted by Gasteiger charge is -2.44. The van der Waals surface area contributed by atoms with Gasteiger partial charge in [-0.05, 0) is 66.3 Å². The van der Waals surface area contributed by atoms with Crippen LogP contribution in [0, 0.1) is 6.92 Å². The second kappa shape index (κ2) is 11.4. The number of rotatable bonds is 4. The smallest absolute Gasteiger partial charge is 0.0770 e. The van der Waals surface area contributed by atoms with Crippen molar-refractivity contribution in [3.8, 4) is 5.69 Å². The second-order valence-electron chi connectivity index (χ2n) is 9.16. The molecule has 0 aliphatic carbocycles. The SMILES string of the molecule is C=C/C=c1/c(C)c2n(/c1=C/C)-c1ccccc1C(c1ccccc1N)(c1ccccc1Br)/C2=C/CC.CC. The summed E-state index contributed by atoms with van der Waals surface area (Å²) in [4.78, 5) is 0. The summed E-state index contributed by atoms with van der Waals surface area (Å²) in [6.45, 7) is 14.6. The molecule has 2 nitrogen and oxygen atoms in total. The van der Waals surface area contributed by atoms with Gasteiger partial charge in [0, 0.05) is 20.7 Å². The number of fused-ring (bicyclic) bond motifs is 3. The second-order valence-corrected chi connectivity index (χ2v) is 10.0. The number of aromatic nitrogens is 1. The van der Waals surface area contributed by atoms with E-state index in [-0.39, 0.29) is 0 Å². The molecule has 0 bridgehead atoms. The zero-order valence-electron chi connectivity index (χ0n) is 23.1. The predicted molar refractivity (Wildman–Crippen MR) is 169 cm³/mol. The van der Waals surface area contributed by atoms with Gasteiger partial charge >= 0.3 is 0 Å². The van der Waals surface area contributed by atoms with E-state index in [0.717, 1.165) is 22.1 Å². The molecule has 194 valence electrons. The van der Waals surface area contributed by atoms with Gasteiger partial charge < -0.3 is 10.3 Å². The lowest BCUT2D eigenvalue weighted by molar-refractivity contribution is 0.742. The summed E-state index contributed by atoms with van der Waals surface area (Å²) in [5.74, 6) is 0. The van der Waals surface area contributed by atoms with Crippen molar-refractivity contribution < 1.29 is 0 Å². The van der Waals surface area contributed by atoms with Crippen molar-refractivity contribution in [3.05, 3.63) is 135 Å². The molecular weight excluding hydrogens is 528 g/mol. The molecule has 0 radical (unpaired) electrons. The number of hydrogen-bond acceptors (Lipinski definition) is 1. The minimum atomic E-state index is -0.604.